The molecule has 0 aliphatic carbocycles. The summed E-state index contributed by atoms with van der Waals surface area (Å²) >= 11 is 6.08. The summed E-state index contributed by atoms with van der Waals surface area (Å²) in [7, 11) is -0.954. The van der Waals surface area contributed by atoms with E-state index in [1.54, 1.807) is 7.11 Å². The highest BCUT2D eigenvalue weighted by molar-refractivity contribution is 6.99. The largest absolute Gasteiger partial charge is 0.496 e. The lowest BCUT2D eigenvalue weighted by molar-refractivity contribution is 0.281. The molecule has 0 spiro atoms. The van der Waals surface area contributed by atoms with Gasteiger partial charge in [0.1, 0.15) is 16.8 Å². The molecule has 46 heavy (non-hydrogen) atoms. The van der Waals surface area contributed by atoms with Crippen molar-refractivity contribution in [2.24, 2.45) is 0 Å². The van der Waals surface area contributed by atoms with Gasteiger partial charge in [0.2, 0.25) is 6.33 Å². The Morgan fingerprint density at radius 3 is 2.22 bits per heavy atom. The molecule has 1 N–H and O–H groups in total. The number of halogens is 1. The van der Waals surface area contributed by atoms with Crippen LogP contribution in [0.1, 0.15) is 63.8 Å². The van der Waals surface area contributed by atoms with Gasteiger partial charge in [-0.2, -0.15) is 5.10 Å². The summed E-state index contributed by atoms with van der Waals surface area (Å²) in [6.45, 7) is 12.3. The maximum atomic E-state index is 7.24. The SMILES string of the molecule is CCC[C@@H](CCO[Si](c1ccccc1)(c1ccccc1)C(C)(C)C)Nc1n[c]nc2c(C)nn(Cc3ccc(CCl)cc3OC)c12. The van der Waals surface area contributed by atoms with Crippen molar-refractivity contribution in [3.63, 3.8) is 0 Å². The van der Waals surface area contributed by atoms with Crippen LogP contribution in [0.3, 0.4) is 0 Å². The van der Waals surface area contributed by atoms with Crippen molar-refractivity contribution in [2.45, 2.75) is 77.4 Å². The molecule has 0 amide bonds. The molecular weight excluding hydrogens is 610 g/mol. The normalized spacial score (nSPS) is 12.8. The minimum atomic E-state index is -2.63. The lowest BCUT2D eigenvalue weighted by atomic mass is 10.1. The van der Waals surface area contributed by atoms with Crippen LogP contribution >= 0.6 is 11.6 Å². The number of ether oxygens (including phenoxy) is 1. The van der Waals surface area contributed by atoms with Gasteiger partial charge >= 0.3 is 0 Å². The average molecular weight is 655 g/mol. The molecule has 2 aromatic heterocycles. The Labute approximate surface area is 279 Å². The van der Waals surface area contributed by atoms with E-state index in [0.29, 0.717) is 19.0 Å². The van der Waals surface area contributed by atoms with Gasteiger partial charge < -0.3 is 14.5 Å². The third-order valence-corrected chi connectivity index (χ3v) is 14.0. The number of nitrogens with one attached hydrogen (secondary N) is 1. The zero-order valence-electron chi connectivity index (χ0n) is 27.8. The number of benzene rings is 3. The van der Waals surface area contributed by atoms with Crippen molar-refractivity contribution in [1.29, 1.82) is 0 Å². The number of fused-ring (bicyclic) bond motifs is 1. The molecule has 0 unspecified atom stereocenters. The summed E-state index contributed by atoms with van der Waals surface area (Å²) in [5.74, 6) is 1.93. The van der Waals surface area contributed by atoms with E-state index in [2.05, 4.69) is 110 Å². The summed E-state index contributed by atoms with van der Waals surface area (Å²) < 4.78 is 14.9. The zero-order valence-corrected chi connectivity index (χ0v) is 29.6. The number of methoxy groups -OCH3 is 1. The highest BCUT2D eigenvalue weighted by Gasteiger charge is 2.50. The van der Waals surface area contributed by atoms with Crippen LogP contribution in [0.4, 0.5) is 5.82 Å². The molecule has 7 nitrogen and oxygen atoms in total. The molecule has 1 atom stereocenters. The Balaban J connectivity index is 1.43. The molecule has 0 saturated carbocycles. The van der Waals surface area contributed by atoms with E-state index >= 15 is 0 Å². The van der Waals surface area contributed by atoms with Crippen LogP contribution in [0.5, 0.6) is 5.75 Å². The maximum Gasteiger partial charge on any atom is 0.261 e. The highest BCUT2D eigenvalue weighted by atomic mass is 35.5. The smallest absolute Gasteiger partial charge is 0.261 e. The molecule has 5 rings (SSSR count). The Bertz CT molecular complexity index is 1680. The van der Waals surface area contributed by atoms with Gasteiger partial charge in [0.05, 0.1) is 19.3 Å². The van der Waals surface area contributed by atoms with E-state index in [-0.39, 0.29) is 11.1 Å². The third kappa shape index (κ3) is 6.99. The molecule has 0 bridgehead atoms. The second kappa shape index (κ2) is 14.8. The number of rotatable bonds is 14. The van der Waals surface area contributed by atoms with Gasteiger partial charge in [-0.15, -0.1) is 11.6 Å². The molecule has 0 aliphatic heterocycles. The first-order valence-electron chi connectivity index (χ1n) is 16.1. The van der Waals surface area contributed by atoms with Crippen molar-refractivity contribution in [3.05, 3.63) is 102 Å². The molecule has 9 heteroatoms. The predicted molar refractivity (Wildman–Crippen MR) is 191 cm³/mol. The number of alkyl halides is 1. The first-order valence-corrected chi connectivity index (χ1v) is 18.5. The summed E-state index contributed by atoms with van der Waals surface area (Å²) in [5, 5.41) is 11.1. The monoisotopic (exact) mass is 654 g/mol. The van der Waals surface area contributed by atoms with Crippen LogP contribution in [-0.2, 0) is 16.9 Å². The quantitative estimate of drug-likeness (QED) is 0.100. The Morgan fingerprint density at radius 2 is 1.63 bits per heavy atom. The molecule has 0 aliphatic rings. The fraction of sp³-hybridized carbons (Fsp3) is 0.378. The van der Waals surface area contributed by atoms with E-state index < -0.39 is 8.32 Å². The molecular formula is C37H45ClN5O2Si. The number of nitrogens with zero attached hydrogens (tertiary/aromatic N) is 4. The predicted octanol–water partition coefficient (Wildman–Crippen LogP) is 7.28. The number of hydrogen-bond acceptors (Lipinski definition) is 6. The standard InChI is InChI=1S/C37H45ClN5O2Si/c1-7-14-30(21-22-45-46(37(3,4)5,31-15-10-8-11-16-31)32-17-12-9-13-18-32)41-36-35-34(39-26-40-36)27(2)42-43(35)25-29-20-19-28(24-38)23-33(29)44-6/h8-13,15-20,23,30H,7,14,21-22,24-25H2,1-6H3,(H,39,40,41)/t30-/m0/s1. The third-order valence-electron chi connectivity index (χ3n) is 8.65. The number of aryl methyl sites for hydroxylation is 1. The minimum absolute atomic E-state index is 0.0791. The lowest BCUT2D eigenvalue weighted by Crippen LogP contribution is -2.66. The van der Waals surface area contributed by atoms with Gasteiger partial charge in [0.25, 0.3) is 8.32 Å². The van der Waals surface area contributed by atoms with Crippen molar-refractivity contribution >= 4 is 47.1 Å². The van der Waals surface area contributed by atoms with Crippen LogP contribution in [0, 0.1) is 13.3 Å². The number of anilines is 1. The maximum absolute atomic E-state index is 7.24. The summed E-state index contributed by atoms with van der Waals surface area (Å²) in [5.41, 5.74) is 4.48. The van der Waals surface area contributed by atoms with Crippen LogP contribution in [-0.4, -0.2) is 47.8 Å². The molecule has 1 radical (unpaired) electrons. The van der Waals surface area contributed by atoms with Gasteiger partial charge in [-0.05, 0) is 46.8 Å². The lowest BCUT2D eigenvalue weighted by Gasteiger charge is -2.43. The fourth-order valence-electron chi connectivity index (χ4n) is 6.44. The van der Waals surface area contributed by atoms with Crippen molar-refractivity contribution < 1.29 is 9.16 Å². The Morgan fingerprint density at radius 1 is 0.957 bits per heavy atom. The Kier molecular flexibility index (Phi) is 10.8. The second-order valence-corrected chi connectivity index (χ2v) is 17.4. The van der Waals surface area contributed by atoms with Crippen LogP contribution < -0.4 is 20.4 Å². The Hall–Kier alpha value is -3.72. The summed E-state index contributed by atoms with van der Waals surface area (Å²) in [6, 6.07) is 27.8. The molecule has 2 heterocycles. The van der Waals surface area contributed by atoms with Crippen LogP contribution in [0.15, 0.2) is 78.9 Å². The molecule has 0 saturated heterocycles. The molecule has 3 aromatic carbocycles. The molecule has 241 valence electrons. The highest BCUT2D eigenvalue weighted by Crippen LogP contribution is 2.37. The van der Waals surface area contributed by atoms with Crippen LogP contribution in [0.2, 0.25) is 5.04 Å². The van der Waals surface area contributed by atoms with Gasteiger partial charge in [0, 0.05) is 24.1 Å². The van der Waals surface area contributed by atoms with Gasteiger partial charge in [-0.1, -0.05) is 107 Å². The second-order valence-electron chi connectivity index (χ2n) is 12.8. The van der Waals surface area contributed by atoms with E-state index in [4.69, 9.17) is 25.9 Å². The van der Waals surface area contributed by atoms with Crippen LogP contribution in [0.25, 0.3) is 11.0 Å². The topological polar surface area (TPSA) is 74.1 Å². The minimum Gasteiger partial charge on any atom is -0.496 e. The average Bonchev–Trinajstić information content (AvgIpc) is 3.39. The van der Waals surface area contributed by atoms with Crippen molar-refractivity contribution in [3.8, 4) is 5.75 Å². The first kappa shape index (κ1) is 33.6. The number of aromatic nitrogens is 4. The van der Waals surface area contributed by atoms with E-state index in [9.17, 15) is 0 Å². The summed E-state index contributed by atoms with van der Waals surface area (Å²) in [6.07, 6.45) is 5.69. The molecule has 5 aromatic rings. The van der Waals surface area contributed by atoms with Crippen molar-refractivity contribution in [1.82, 2.24) is 19.7 Å². The zero-order chi connectivity index (χ0) is 32.7. The number of hydrogen-bond donors (Lipinski definition) is 1. The van der Waals surface area contributed by atoms with Crippen molar-refractivity contribution in [2.75, 3.05) is 19.0 Å². The van der Waals surface area contributed by atoms with Gasteiger partial charge in [0.15, 0.2) is 5.82 Å². The van der Waals surface area contributed by atoms with E-state index in [1.807, 2.05) is 29.8 Å². The van der Waals surface area contributed by atoms with Gasteiger partial charge in [-0.25, -0.2) is 9.97 Å². The summed E-state index contributed by atoms with van der Waals surface area (Å²) in [4.78, 5) is 9.11. The first-order chi connectivity index (χ1) is 22.2. The van der Waals surface area contributed by atoms with Gasteiger partial charge in [-0.3, -0.25) is 4.68 Å². The van der Waals surface area contributed by atoms with E-state index in [1.165, 1.54) is 10.4 Å². The fourth-order valence-corrected chi connectivity index (χ4v) is 11.2. The van der Waals surface area contributed by atoms with E-state index in [0.717, 1.165) is 58.7 Å². The molecule has 0 fully saturated rings.